The molecule has 0 radical (unpaired) electrons. The van der Waals surface area contributed by atoms with Crippen LogP contribution in [-0.2, 0) is 0 Å². The summed E-state index contributed by atoms with van der Waals surface area (Å²) in [6.45, 7) is 0. The molecule has 0 saturated carbocycles. The van der Waals surface area contributed by atoms with Crippen LogP contribution in [0.4, 0.5) is 0 Å². The SMILES string of the molecule is O=C(N/N=C\C=C/c1ccccc1)c1cnccn1. The maximum Gasteiger partial charge on any atom is 0.291 e. The molecular weight excluding hydrogens is 240 g/mol. The van der Waals surface area contributed by atoms with Gasteiger partial charge in [0.1, 0.15) is 5.69 Å². The molecule has 5 nitrogen and oxygen atoms in total. The Morgan fingerprint density at radius 2 is 2.05 bits per heavy atom. The van der Waals surface area contributed by atoms with E-state index < -0.39 is 5.91 Å². The highest BCUT2D eigenvalue weighted by atomic mass is 16.2. The summed E-state index contributed by atoms with van der Waals surface area (Å²) in [6.07, 6.45) is 9.47. The second-order valence-electron chi connectivity index (χ2n) is 3.58. The van der Waals surface area contributed by atoms with Gasteiger partial charge in [-0.1, -0.05) is 36.4 Å². The Kier molecular flexibility index (Phi) is 4.52. The van der Waals surface area contributed by atoms with E-state index in [-0.39, 0.29) is 5.69 Å². The van der Waals surface area contributed by atoms with E-state index in [1.807, 2.05) is 36.4 Å². The summed E-state index contributed by atoms with van der Waals surface area (Å²) >= 11 is 0. The molecule has 0 bridgehead atoms. The number of nitrogens with one attached hydrogen (secondary N) is 1. The average molecular weight is 252 g/mol. The van der Waals surface area contributed by atoms with Crippen LogP contribution in [0.2, 0.25) is 0 Å². The molecule has 0 fully saturated rings. The van der Waals surface area contributed by atoms with Gasteiger partial charge in [-0.25, -0.2) is 10.4 Å². The van der Waals surface area contributed by atoms with Gasteiger partial charge in [0.25, 0.3) is 5.91 Å². The van der Waals surface area contributed by atoms with Crippen molar-refractivity contribution in [3.05, 3.63) is 66.3 Å². The van der Waals surface area contributed by atoms with Gasteiger partial charge >= 0.3 is 0 Å². The second kappa shape index (κ2) is 6.80. The van der Waals surface area contributed by atoms with E-state index in [1.165, 1.54) is 24.8 Å². The molecule has 1 amide bonds. The molecule has 94 valence electrons. The second-order valence-corrected chi connectivity index (χ2v) is 3.58. The van der Waals surface area contributed by atoms with Crippen LogP contribution in [0.15, 0.2) is 60.1 Å². The first kappa shape index (κ1) is 12.6. The van der Waals surface area contributed by atoms with Crippen LogP contribution in [0.1, 0.15) is 16.1 Å². The molecule has 1 aromatic carbocycles. The lowest BCUT2D eigenvalue weighted by Gasteiger charge is -1.96. The van der Waals surface area contributed by atoms with E-state index in [4.69, 9.17) is 0 Å². The lowest BCUT2D eigenvalue weighted by molar-refractivity contribution is 0.0950. The van der Waals surface area contributed by atoms with Gasteiger partial charge in [-0.15, -0.1) is 0 Å². The Bertz CT molecular complexity index is 579. The molecule has 0 spiro atoms. The summed E-state index contributed by atoms with van der Waals surface area (Å²) in [5, 5.41) is 3.78. The van der Waals surface area contributed by atoms with Crippen molar-refractivity contribution in [1.82, 2.24) is 15.4 Å². The zero-order valence-electron chi connectivity index (χ0n) is 10.1. The van der Waals surface area contributed by atoms with E-state index in [0.717, 1.165) is 5.56 Å². The van der Waals surface area contributed by atoms with E-state index >= 15 is 0 Å². The number of carbonyl (C=O) groups is 1. The number of hydrogen-bond donors (Lipinski definition) is 1. The van der Waals surface area contributed by atoms with Crippen LogP contribution in [0.3, 0.4) is 0 Å². The predicted molar refractivity (Wildman–Crippen MR) is 73.5 cm³/mol. The Labute approximate surface area is 110 Å². The van der Waals surface area contributed by atoms with Crippen molar-refractivity contribution in [3.63, 3.8) is 0 Å². The fraction of sp³-hybridized carbons (Fsp3) is 0. The number of nitrogens with zero attached hydrogens (tertiary/aromatic N) is 3. The molecule has 0 aliphatic heterocycles. The number of carbonyl (C=O) groups excluding carboxylic acids is 1. The molecule has 1 aromatic heterocycles. The number of allylic oxidation sites excluding steroid dienone is 1. The van der Waals surface area contributed by atoms with Gasteiger partial charge in [0, 0.05) is 18.6 Å². The number of hydrazone groups is 1. The summed E-state index contributed by atoms with van der Waals surface area (Å²) in [5.74, 6) is -0.391. The third-order valence-electron chi connectivity index (χ3n) is 2.21. The van der Waals surface area contributed by atoms with Crippen molar-refractivity contribution in [2.75, 3.05) is 0 Å². The average Bonchev–Trinajstić information content (AvgIpc) is 2.49. The number of hydrogen-bond acceptors (Lipinski definition) is 4. The molecule has 0 aliphatic rings. The largest absolute Gasteiger partial charge is 0.291 e. The Morgan fingerprint density at radius 3 is 2.79 bits per heavy atom. The third kappa shape index (κ3) is 4.16. The number of aromatic nitrogens is 2. The fourth-order valence-corrected chi connectivity index (χ4v) is 1.33. The van der Waals surface area contributed by atoms with Gasteiger partial charge < -0.3 is 0 Å². The minimum atomic E-state index is -0.391. The summed E-state index contributed by atoms with van der Waals surface area (Å²) in [4.78, 5) is 19.2. The standard InChI is InChI=1S/C14H12N4O/c19-14(13-11-15-9-10-16-13)18-17-8-4-7-12-5-2-1-3-6-12/h1-11H,(H,18,19)/b7-4-,17-8-. The predicted octanol–water partition coefficient (Wildman–Crippen LogP) is 1.91. The molecule has 2 aromatic rings. The highest BCUT2D eigenvalue weighted by Gasteiger charge is 2.03. The Hall–Kier alpha value is -2.82. The van der Waals surface area contributed by atoms with Crippen LogP contribution < -0.4 is 5.43 Å². The highest BCUT2D eigenvalue weighted by molar-refractivity contribution is 5.92. The quantitative estimate of drug-likeness (QED) is 0.667. The summed E-state index contributed by atoms with van der Waals surface area (Å²) in [6, 6.07) is 9.80. The van der Waals surface area contributed by atoms with Gasteiger partial charge in [0.2, 0.25) is 0 Å². The molecule has 1 N–H and O–H groups in total. The highest BCUT2D eigenvalue weighted by Crippen LogP contribution is 1.99. The maximum absolute atomic E-state index is 11.5. The lowest BCUT2D eigenvalue weighted by atomic mass is 10.2. The first-order chi connectivity index (χ1) is 9.36. The summed E-state index contributed by atoms with van der Waals surface area (Å²) in [5.41, 5.74) is 3.65. The molecule has 1 heterocycles. The van der Waals surface area contributed by atoms with Crippen molar-refractivity contribution in [1.29, 1.82) is 0 Å². The van der Waals surface area contributed by atoms with Crippen LogP contribution >= 0.6 is 0 Å². The molecule has 2 rings (SSSR count). The first-order valence-electron chi connectivity index (χ1n) is 5.67. The monoisotopic (exact) mass is 252 g/mol. The summed E-state index contributed by atoms with van der Waals surface area (Å²) < 4.78 is 0. The molecule has 0 aliphatic carbocycles. The van der Waals surface area contributed by atoms with Crippen molar-refractivity contribution >= 4 is 18.2 Å². The molecule has 5 heteroatoms. The first-order valence-corrected chi connectivity index (χ1v) is 5.67. The lowest BCUT2D eigenvalue weighted by Crippen LogP contribution is -2.18. The molecule has 19 heavy (non-hydrogen) atoms. The van der Waals surface area contributed by atoms with Crippen LogP contribution in [0.5, 0.6) is 0 Å². The van der Waals surface area contributed by atoms with Gasteiger partial charge in [0.05, 0.1) is 6.20 Å². The zero-order chi connectivity index (χ0) is 13.3. The number of amides is 1. The molecule has 0 unspecified atom stereocenters. The van der Waals surface area contributed by atoms with Crippen molar-refractivity contribution in [2.45, 2.75) is 0 Å². The van der Waals surface area contributed by atoms with Gasteiger partial charge in [-0.05, 0) is 11.6 Å². The molecule has 0 atom stereocenters. The Balaban J connectivity index is 1.84. The Morgan fingerprint density at radius 1 is 1.21 bits per heavy atom. The van der Waals surface area contributed by atoms with Gasteiger partial charge in [-0.2, -0.15) is 5.10 Å². The third-order valence-corrected chi connectivity index (χ3v) is 2.21. The number of benzene rings is 1. The fourth-order valence-electron chi connectivity index (χ4n) is 1.33. The van der Waals surface area contributed by atoms with Gasteiger partial charge in [-0.3, -0.25) is 9.78 Å². The van der Waals surface area contributed by atoms with Crippen LogP contribution in [-0.4, -0.2) is 22.1 Å². The van der Waals surface area contributed by atoms with Crippen molar-refractivity contribution in [2.24, 2.45) is 5.10 Å². The van der Waals surface area contributed by atoms with E-state index in [2.05, 4.69) is 20.5 Å². The van der Waals surface area contributed by atoms with E-state index in [9.17, 15) is 4.79 Å². The summed E-state index contributed by atoms with van der Waals surface area (Å²) in [7, 11) is 0. The maximum atomic E-state index is 11.5. The van der Waals surface area contributed by atoms with Crippen molar-refractivity contribution in [3.8, 4) is 0 Å². The van der Waals surface area contributed by atoms with Crippen LogP contribution in [0.25, 0.3) is 6.08 Å². The van der Waals surface area contributed by atoms with Gasteiger partial charge in [0.15, 0.2) is 0 Å². The van der Waals surface area contributed by atoms with Crippen LogP contribution in [0, 0.1) is 0 Å². The molecular formula is C14H12N4O. The van der Waals surface area contributed by atoms with E-state index in [0.29, 0.717) is 0 Å². The zero-order valence-corrected chi connectivity index (χ0v) is 10.1. The normalized spacial score (nSPS) is 10.9. The minimum absolute atomic E-state index is 0.228. The minimum Gasteiger partial charge on any atom is -0.265 e. The smallest absolute Gasteiger partial charge is 0.265 e. The molecule has 0 saturated heterocycles. The van der Waals surface area contributed by atoms with E-state index in [1.54, 1.807) is 6.08 Å². The van der Waals surface area contributed by atoms with Crippen molar-refractivity contribution < 1.29 is 4.79 Å². The number of rotatable bonds is 4. The topological polar surface area (TPSA) is 67.2 Å².